The van der Waals surface area contributed by atoms with Crippen molar-refractivity contribution >= 4 is 8.32 Å². The second-order valence-corrected chi connectivity index (χ2v) is 13.1. The Labute approximate surface area is 149 Å². The first-order chi connectivity index (χ1) is 11.2. The molecule has 138 valence electrons. The highest BCUT2D eigenvalue weighted by Crippen LogP contribution is 2.38. The molecule has 0 heterocycles. The number of aliphatic hydroxyl groups excluding tert-OH is 2. The number of hydrogen-bond donors (Lipinski definition) is 2. The molecule has 0 fully saturated rings. The highest BCUT2D eigenvalue weighted by molar-refractivity contribution is 6.74. The van der Waals surface area contributed by atoms with E-state index in [2.05, 4.69) is 58.1 Å². The molecular weight excluding hydrogens is 316 g/mol. The van der Waals surface area contributed by atoms with Crippen LogP contribution in [0.3, 0.4) is 0 Å². The number of unbranched alkanes of at least 4 members (excludes halogenated alkanes) is 1. The van der Waals surface area contributed by atoms with Gasteiger partial charge in [-0.25, -0.2) is 0 Å². The topological polar surface area (TPSA) is 49.7 Å². The summed E-state index contributed by atoms with van der Waals surface area (Å²) < 4.78 is 6.49. The first kappa shape index (κ1) is 21.4. The largest absolute Gasteiger partial charge is 0.414 e. The smallest absolute Gasteiger partial charge is 0.192 e. The Hall–Kier alpha value is -0.683. The minimum Gasteiger partial charge on any atom is -0.414 e. The lowest BCUT2D eigenvalue weighted by molar-refractivity contribution is 0.0421. The third kappa shape index (κ3) is 7.47. The fraction of sp³-hybridized carbons (Fsp3) is 0.700. The van der Waals surface area contributed by atoms with Gasteiger partial charge in [-0.2, -0.15) is 0 Å². The van der Waals surface area contributed by atoms with Crippen molar-refractivity contribution in [3.05, 3.63) is 35.9 Å². The van der Waals surface area contributed by atoms with Gasteiger partial charge in [-0.3, -0.25) is 0 Å². The number of benzene rings is 1. The molecular formula is C20H36O3Si. The van der Waals surface area contributed by atoms with Gasteiger partial charge in [-0.05, 0) is 43.0 Å². The Morgan fingerprint density at radius 1 is 1.08 bits per heavy atom. The quantitative estimate of drug-likeness (QED) is 0.480. The highest BCUT2D eigenvalue weighted by atomic mass is 28.4. The monoisotopic (exact) mass is 352 g/mol. The molecule has 3 nitrogen and oxygen atoms in total. The van der Waals surface area contributed by atoms with Gasteiger partial charge in [0.1, 0.15) is 0 Å². The SMILES string of the molecule is CC(C)(C)[Si](C)(C)O[C@H](CCCCc1ccccc1)C[C@@H](O)CO. The summed E-state index contributed by atoms with van der Waals surface area (Å²) in [5.74, 6) is 0. The summed E-state index contributed by atoms with van der Waals surface area (Å²) in [5.41, 5.74) is 1.37. The normalized spacial score (nSPS) is 15.3. The van der Waals surface area contributed by atoms with Gasteiger partial charge in [0.2, 0.25) is 0 Å². The maximum atomic E-state index is 9.85. The third-order valence-electron chi connectivity index (χ3n) is 5.10. The van der Waals surface area contributed by atoms with Crippen molar-refractivity contribution in [3.63, 3.8) is 0 Å². The maximum absolute atomic E-state index is 9.85. The van der Waals surface area contributed by atoms with Crippen molar-refractivity contribution in [3.8, 4) is 0 Å². The summed E-state index contributed by atoms with van der Waals surface area (Å²) in [7, 11) is -1.86. The second-order valence-electron chi connectivity index (χ2n) is 8.30. The number of aliphatic hydroxyl groups is 2. The van der Waals surface area contributed by atoms with Gasteiger partial charge in [-0.1, -0.05) is 57.5 Å². The Morgan fingerprint density at radius 3 is 2.25 bits per heavy atom. The summed E-state index contributed by atoms with van der Waals surface area (Å²) in [5, 5.41) is 19.2. The van der Waals surface area contributed by atoms with E-state index in [4.69, 9.17) is 9.53 Å². The summed E-state index contributed by atoms with van der Waals surface area (Å²) in [4.78, 5) is 0. The molecule has 0 amide bonds. The summed E-state index contributed by atoms with van der Waals surface area (Å²) in [6.45, 7) is 11.0. The second kappa shape index (κ2) is 9.71. The van der Waals surface area contributed by atoms with Crippen LogP contribution in [0.2, 0.25) is 18.1 Å². The molecule has 0 saturated carbocycles. The predicted molar refractivity (Wildman–Crippen MR) is 104 cm³/mol. The van der Waals surface area contributed by atoms with Crippen LogP contribution in [0.5, 0.6) is 0 Å². The lowest BCUT2D eigenvalue weighted by Gasteiger charge is -2.39. The highest BCUT2D eigenvalue weighted by Gasteiger charge is 2.39. The minimum atomic E-state index is -1.86. The van der Waals surface area contributed by atoms with Crippen molar-refractivity contribution in [1.29, 1.82) is 0 Å². The molecule has 0 aromatic heterocycles. The molecule has 24 heavy (non-hydrogen) atoms. The van der Waals surface area contributed by atoms with Crippen molar-refractivity contribution in [2.75, 3.05) is 6.61 Å². The van der Waals surface area contributed by atoms with Crippen molar-refractivity contribution in [2.24, 2.45) is 0 Å². The van der Waals surface area contributed by atoms with Crippen molar-refractivity contribution < 1.29 is 14.6 Å². The molecule has 0 bridgehead atoms. The molecule has 1 rings (SSSR count). The average Bonchev–Trinajstić information content (AvgIpc) is 2.50. The van der Waals surface area contributed by atoms with Gasteiger partial charge in [0.15, 0.2) is 8.32 Å². The van der Waals surface area contributed by atoms with E-state index < -0.39 is 14.4 Å². The first-order valence-corrected chi connectivity index (χ1v) is 12.1. The summed E-state index contributed by atoms with van der Waals surface area (Å²) >= 11 is 0. The Morgan fingerprint density at radius 2 is 1.71 bits per heavy atom. The van der Waals surface area contributed by atoms with Gasteiger partial charge in [0.05, 0.1) is 12.7 Å². The molecule has 1 aromatic rings. The van der Waals surface area contributed by atoms with Crippen LogP contribution >= 0.6 is 0 Å². The van der Waals surface area contributed by atoms with Crippen LogP contribution in [0.25, 0.3) is 0 Å². The lowest BCUT2D eigenvalue weighted by atomic mass is 10.0. The van der Waals surface area contributed by atoms with Gasteiger partial charge in [0, 0.05) is 12.5 Å². The Kier molecular flexibility index (Phi) is 8.64. The molecule has 0 unspecified atom stereocenters. The van der Waals surface area contributed by atoms with Crippen molar-refractivity contribution in [2.45, 2.75) is 83.2 Å². The standard InChI is InChI=1S/C20H36O3Si/c1-20(2,3)24(4,5)23-19(15-18(22)16-21)14-10-9-13-17-11-7-6-8-12-17/h6-8,11-12,18-19,21-22H,9-10,13-16H2,1-5H3/t18-,19-/m1/s1. The molecule has 0 aliphatic heterocycles. The number of aryl methyl sites for hydroxylation is 1. The molecule has 1 aromatic carbocycles. The molecule has 2 N–H and O–H groups in total. The maximum Gasteiger partial charge on any atom is 0.192 e. The van der Waals surface area contributed by atoms with Gasteiger partial charge in [-0.15, -0.1) is 0 Å². The Balaban J connectivity index is 2.53. The minimum absolute atomic E-state index is 0.0313. The first-order valence-electron chi connectivity index (χ1n) is 9.16. The van der Waals surface area contributed by atoms with Gasteiger partial charge < -0.3 is 14.6 Å². The van der Waals surface area contributed by atoms with Crippen LogP contribution < -0.4 is 0 Å². The number of rotatable bonds is 10. The molecule has 0 aliphatic rings. The molecule has 0 spiro atoms. The molecule has 0 aliphatic carbocycles. The van der Waals surface area contributed by atoms with E-state index in [0.29, 0.717) is 6.42 Å². The molecule has 2 atom stereocenters. The van der Waals surface area contributed by atoms with Gasteiger partial charge in [0.25, 0.3) is 0 Å². The van der Waals surface area contributed by atoms with E-state index in [1.165, 1.54) is 5.56 Å². The molecule has 0 saturated heterocycles. The van der Waals surface area contributed by atoms with E-state index in [1.54, 1.807) is 0 Å². The van der Waals surface area contributed by atoms with Crippen LogP contribution in [-0.2, 0) is 10.8 Å². The van der Waals surface area contributed by atoms with Crippen LogP contribution in [-0.4, -0.2) is 37.3 Å². The number of hydrogen-bond acceptors (Lipinski definition) is 3. The van der Waals surface area contributed by atoms with Crippen LogP contribution in [0.1, 0.15) is 52.0 Å². The third-order valence-corrected chi connectivity index (χ3v) is 9.63. The van der Waals surface area contributed by atoms with Crippen LogP contribution in [0.4, 0.5) is 0 Å². The lowest BCUT2D eigenvalue weighted by Crippen LogP contribution is -2.44. The Bertz CT molecular complexity index is 454. The van der Waals surface area contributed by atoms with E-state index in [1.807, 2.05) is 6.07 Å². The molecule has 0 radical (unpaired) electrons. The average molecular weight is 353 g/mol. The zero-order valence-electron chi connectivity index (χ0n) is 16.1. The van der Waals surface area contributed by atoms with E-state index in [9.17, 15) is 5.11 Å². The summed E-state index contributed by atoms with van der Waals surface area (Å²) in [6, 6.07) is 10.5. The van der Waals surface area contributed by atoms with E-state index >= 15 is 0 Å². The molecule has 4 heteroatoms. The predicted octanol–water partition coefficient (Wildman–Crippen LogP) is 4.53. The van der Waals surface area contributed by atoms with Crippen LogP contribution in [0, 0.1) is 0 Å². The van der Waals surface area contributed by atoms with Crippen molar-refractivity contribution in [1.82, 2.24) is 0 Å². The van der Waals surface area contributed by atoms with E-state index in [0.717, 1.165) is 25.7 Å². The zero-order chi connectivity index (χ0) is 18.2. The zero-order valence-corrected chi connectivity index (χ0v) is 17.1. The summed E-state index contributed by atoms with van der Waals surface area (Å²) in [6.07, 6.45) is 4.09. The fourth-order valence-corrected chi connectivity index (χ4v) is 3.94. The van der Waals surface area contributed by atoms with E-state index in [-0.39, 0.29) is 17.7 Å². The fourth-order valence-electron chi connectivity index (χ4n) is 2.54. The van der Waals surface area contributed by atoms with Gasteiger partial charge >= 0.3 is 0 Å². The van der Waals surface area contributed by atoms with Crippen LogP contribution in [0.15, 0.2) is 30.3 Å².